The third-order valence-electron chi connectivity index (χ3n) is 5.29. The predicted molar refractivity (Wildman–Crippen MR) is 126 cm³/mol. The Morgan fingerprint density at radius 3 is 2.22 bits per heavy atom. The highest BCUT2D eigenvalue weighted by atomic mass is 16.5. The van der Waals surface area contributed by atoms with Gasteiger partial charge < -0.3 is 20.5 Å². The molecule has 0 bridgehead atoms. The minimum absolute atomic E-state index is 0.241. The highest BCUT2D eigenvalue weighted by Crippen LogP contribution is 2.23. The second-order valence-electron chi connectivity index (χ2n) is 8.23. The molecule has 0 radical (unpaired) electrons. The molecule has 0 saturated carbocycles. The number of methoxy groups -OCH3 is 1. The van der Waals surface area contributed by atoms with E-state index in [9.17, 15) is 9.59 Å². The maximum atomic E-state index is 13.2. The fourth-order valence-electron chi connectivity index (χ4n) is 3.65. The number of anilines is 1. The second kappa shape index (κ2) is 10.8. The number of rotatable bonds is 9. The maximum Gasteiger partial charge on any atom is 0.331 e. The van der Waals surface area contributed by atoms with Crippen molar-refractivity contribution in [3.8, 4) is 0 Å². The van der Waals surface area contributed by atoms with Gasteiger partial charge in [0.2, 0.25) is 0 Å². The molecular formula is C26H30N2O4. The summed E-state index contributed by atoms with van der Waals surface area (Å²) in [6, 6.07) is 19.9. The quantitative estimate of drug-likeness (QED) is 0.387. The van der Waals surface area contributed by atoms with Crippen LogP contribution in [0.2, 0.25) is 0 Å². The van der Waals surface area contributed by atoms with E-state index in [2.05, 4.69) is 5.32 Å². The van der Waals surface area contributed by atoms with E-state index in [0.29, 0.717) is 24.3 Å². The third-order valence-corrected chi connectivity index (χ3v) is 5.29. The number of hydrogen-bond acceptors (Lipinski definition) is 5. The molecule has 0 aliphatic rings. The zero-order chi connectivity index (χ0) is 23.1. The molecule has 3 N–H and O–H groups in total. The van der Waals surface area contributed by atoms with Gasteiger partial charge in [-0.25, -0.2) is 4.79 Å². The number of nitrogen functional groups attached to an aromatic ring is 1. The van der Waals surface area contributed by atoms with Crippen molar-refractivity contribution in [3.05, 3.63) is 77.9 Å². The van der Waals surface area contributed by atoms with Crippen molar-refractivity contribution >= 4 is 28.3 Å². The van der Waals surface area contributed by atoms with Crippen LogP contribution in [0.3, 0.4) is 0 Å². The Bertz CT molecular complexity index is 1070. The zero-order valence-electron chi connectivity index (χ0n) is 18.7. The SMILES string of the molecule is COC(=O)C(NC(=O)c1cc2ccccc2cc1N)[C@@H](CC(C)C)OCc1ccccc1. The number of nitrogens with two attached hydrogens (primary N) is 1. The van der Waals surface area contributed by atoms with Crippen LogP contribution in [0.1, 0.15) is 36.2 Å². The number of ether oxygens (including phenoxy) is 2. The Balaban J connectivity index is 1.85. The number of nitrogens with one attached hydrogen (secondary N) is 1. The number of benzene rings is 3. The van der Waals surface area contributed by atoms with Gasteiger partial charge in [0.1, 0.15) is 0 Å². The van der Waals surface area contributed by atoms with Crippen molar-refractivity contribution in [2.24, 2.45) is 5.92 Å². The number of carbonyl (C=O) groups excluding carboxylic acids is 2. The van der Waals surface area contributed by atoms with E-state index in [1.54, 1.807) is 12.1 Å². The predicted octanol–water partition coefficient (Wildman–Crippen LogP) is 4.32. The van der Waals surface area contributed by atoms with Crippen molar-refractivity contribution in [2.75, 3.05) is 12.8 Å². The first-order valence-corrected chi connectivity index (χ1v) is 10.7. The molecule has 0 fully saturated rings. The first-order chi connectivity index (χ1) is 15.4. The standard InChI is InChI=1S/C26H30N2O4/c1-17(2)13-23(32-16-18-9-5-4-6-10-18)24(26(30)31-3)28-25(29)21-14-19-11-7-8-12-20(19)15-22(21)27/h4-12,14-15,17,23-24H,13,16,27H2,1-3H3,(H,28,29)/t23-,24?/m1/s1. The molecule has 1 amide bonds. The molecule has 1 unspecified atom stereocenters. The first-order valence-electron chi connectivity index (χ1n) is 10.7. The van der Waals surface area contributed by atoms with Crippen molar-refractivity contribution in [1.29, 1.82) is 0 Å². The van der Waals surface area contributed by atoms with Gasteiger partial charge in [-0.1, -0.05) is 68.4 Å². The Hall–Kier alpha value is -3.38. The van der Waals surface area contributed by atoms with Crippen LogP contribution < -0.4 is 11.1 Å². The minimum Gasteiger partial charge on any atom is -0.467 e. The lowest BCUT2D eigenvalue weighted by Crippen LogP contribution is -2.50. The van der Waals surface area contributed by atoms with Crippen LogP contribution in [0, 0.1) is 5.92 Å². The van der Waals surface area contributed by atoms with E-state index in [1.165, 1.54) is 7.11 Å². The lowest BCUT2D eigenvalue weighted by molar-refractivity contribution is -0.148. The summed E-state index contributed by atoms with van der Waals surface area (Å²) >= 11 is 0. The average molecular weight is 435 g/mol. The number of fused-ring (bicyclic) bond motifs is 1. The summed E-state index contributed by atoms with van der Waals surface area (Å²) in [5, 5.41) is 4.64. The fraction of sp³-hybridized carbons (Fsp3) is 0.308. The lowest BCUT2D eigenvalue weighted by Gasteiger charge is -2.28. The molecule has 0 aliphatic carbocycles. The fourth-order valence-corrected chi connectivity index (χ4v) is 3.65. The Morgan fingerprint density at radius 1 is 0.969 bits per heavy atom. The number of carbonyl (C=O) groups is 2. The van der Waals surface area contributed by atoms with Crippen LogP contribution in [-0.2, 0) is 20.9 Å². The summed E-state index contributed by atoms with van der Waals surface area (Å²) in [4.78, 5) is 25.8. The van der Waals surface area contributed by atoms with Crippen molar-refractivity contribution in [3.63, 3.8) is 0 Å². The van der Waals surface area contributed by atoms with Crippen LogP contribution in [0.25, 0.3) is 10.8 Å². The van der Waals surface area contributed by atoms with Gasteiger partial charge in [-0.2, -0.15) is 0 Å². The maximum absolute atomic E-state index is 13.2. The van der Waals surface area contributed by atoms with E-state index in [-0.39, 0.29) is 5.92 Å². The van der Waals surface area contributed by atoms with E-state index in [4.69, 9.17) is 15.2 Å². The topological polar surface area (TPSA) is 90.7 Å². The van der Waals surface area contributed by atoms with Crippen molar-refractivity contribution < 1.29 is 19.1 Å². The van der Waals surface area contributed by atoms with Gasteiger partial charge in [0.15, 0.2) is 6.04 Å². The molecule has 0 aromatic heterocycles. The molecule has 2 atom stereocenters. The van der Waals surface area contributed by atoms with Gasteiger partial charge in [-0.3, -0.25) is 4.79 Å². The van der Waals surface area contributed by atoms with Crippen LogP contribution in [0.5, 0.6) is 0 Å². The normalized spacial score (nSPS) is 13.0. The molecule has 3 rings (SSSR count). The Kier molecular flexibility index (Phi) is 7.84. The largest absolute Gasteiger partial charge is 0.467 e. The highest BCUT2D eigenvalue weighted by Gasteiger charge is 2.33. The van der Waals surface area contributed by atoms with Crippen LogP contribution in [0.15, 0.2) is 66.7 Å². The molecule has 168 valence electrons. The van der Waals surface area contributed by atoms with Gasteiger partial charge in [-0.05, 0) is 40.8 Å². The molecule has 6 heteroatoms. The number of esters is 1. The number of hydrogen-bond donors (Lipinski definition) is 2. The highest BCUT2D eigenvalue weighted by molar-refractivity contribution is 6.05. The number of amides is 1. The molecule has 0 spiro atoms. The minimum atomic E-state index is -0.968. The summed E-state index contributed by atoms with van der Waals surface area (Å²) < 4.78 is 11.1. The summed E-state index contributed by atoms with van der Waals surface area (Å²) in [6.07, 6.45) is 0.00776. The zero-order valence-corrected chi connectivity index (χ0v) is 18.7. The Morgan fingerprint density at radius 2 is 1.59 bits per heavy atom. The van der Waals surface area contributed by atoms with E-state index in [1.807, 2.05) is 68.4 Å². The molecule has 0 heterocycles. The third kappa shape index (κ3) is 5.86. The van der Waals surface area contributed by atoms with Gasteiger partial charge >= 0.3 is 5.97 Å². The van der Waals surface area contributed by atoms with Crippen molar-refractivity contribution in [2.45, 2.75) is 39.0 Å². The van der Waals surface area contributed by atoms with E-state index < -0.39 is 24.0 Å². The van der Waals surface area contributed by atoms with E-state index >= 15 is 0 Å². The summed E-state index contributed by atoms with van der Waals surface area (Å²) in [7, 11) is 1.30. The molecule has 3 aromatic carbocycles. The second-order valence-corrected chi connectivity index (χ2v) is 8.23. The summed E-state index contributed by atoms with van der Waals surface area (Å²) in [5.74, 6) is -0.761. The molecule has 0 aliphatic heterocycles. The van der Waals surface area contributed by atoms with Gasteiger partial charge in [-0.15, -0.1) is 0 Å². The smallest absolute Gasteiger partial charge is 0.331 e. The molecule has 6 nitrogen and oxygen atoms in total. The molecular weight excluding hydrogens is 404 g/mol. The van der Waals surface area contributed by atoms with E-state index in [0.717, 1.165) is 16.3 Å². The average Bonchev–Trinajstić information content (AvgIpc) is 2.79. The van der Waals surface area contributed by atoms with Crippen LogP contribution in [0.4, 0.5) is 5.69 Å². The first kappa shape index (κ1) is 23.3. The molecule has 32 heavy (non-hydrogen) atoms. The van der Waals surface area contributed by atoms with Crippen LogP contribution >= 0.6 is 0 Å². The van der Waals surface area contributed by atoms with Gasteiger partial charge in [0, 0.05) is 5.69 Å². The molecule has 3 aromatic rings. The molecule has 0 saturated heterocycles. The van der Waals surface area contributed by atoms with Gasteiger partial charge in [0.05, 0.1) is 25.4 Å². The van der Waals surface area contributed by atoms with Crippen LogP contribution in [-0.4, -0.2) is 31.1 Å². The van der Waals surface area contributed by atoms with Crippen molar-refractivity contribution in [1.82, 2.24) is 5.32 Å². The summed E-state index contributed by atoms with van der Waals surface area (Å²) in [6.45, 7) is 4.40. The lowest BCUT2D eigenvalue weighted by atomic mass is 9.98. The summed E-state index contributed by atoms with van der Waals surface area (Å²) in [5.41, 5.74) is 7.79. The monoisotopic (exact) mass is 434 g/mol. The van der Waals surface area contributed by atoms with Gasteiger partial charge in [0.25, 0.3) is 5.91 Å². The Labute approximate surface area is 188 Å².